The van der Waals surface area contributed by atoms with E-state index in [2.05, 4.69) is 10.6 Å². The highest BCUT2D eigenvalue weighted by molar-refractivity contribution is 5.88. The molecule has 0 heterocycles. The minimum Gasteiger partial charge on any atom is -0.465 e. The quantitative estimate of drug-likeness (QED) is 0.289. The molecule has 0 radical (unpaired) electrons. The Morgan fingerprint density at radius 2 is 1.68 bits per heavy atom. The highest BCUT2D eigenvalue weighted by atomic mass is 16.7. The average molecular weight is 405 g/mol. The first-order valence-corrected chi connectivity index (χ1v) is 9.67. The monoisotopic (exact) mass is 405 g/mol. The molecule has 164 valence electrons. The molecule has 0 aliphatic heterocycles. The van der Waals surface area contributed by atoms with Crippen molar-refractivity contribution in [1.82, 2.24) is 15.5 Å². The van der Waals surface area contributed by atoms with Crippen molar-refractivity contribution in [3.63, 3.8) is 0 Å². The van der Waals surface area contributed by atoms with Crippen molar-refractivity contribution in [2.24, 2.45) is 5.92 Å². The third-order valence-corrected chi connectivity index (χ3v) is 4.06. The van der Waals surface area contributed by atoms with Crippen molar-refractivity contribution in [3.05, 3.63) is 0 Å². The van der Waals surface area contributed by atoms with Gasteiger partial charge < -0.3 is 35.2 Å². The molecule has 2 atom stereocenters. The smallest absolute Gasteiger partial charge is 0.404 e. The van der Waals surface area contributed by atoms with Crippen molar-refractivity contribution in [3.8, 4) is 0 Å². The Morgan fingerprint density at radius 1 is 1.07 bits per heavy atom. The summed E-state index contributed by atoms with van der Waals surface area (Å²) in [5.41, 5.74) is 0. The molecule has 0 aromatic heterocycles. The minimum atomic E-state index is -1.24. The molecule has 0 aromatic carbocycles. The molecule has 0 aliphatic rings. The Balaban J connectivity index is 5.06. The van der Waals surface area contributed by atoms with Crippen molar-refractivity contribution in [1.29, 1.82) is 0 Å². The zero-order valence-corrected chi connectivity index (χ0v) is 17.3. The van der Waals surface area contributed by atoms with Crippen LogP contribution < -0.4 is 10.6 Å². The van der Waals surface area contributed by atoms with Gasteiger partial charge in [-0.3, -0.25) is 9.59 Å². The van der Waals surface area contributed by atoms with Crippen LogP contribution >= 0.6 is 0 Å². The summed E-state index contributed by atoms with van der Waals surface area (Å²) in [6, 6.07) is -1.12. The first-order valence-electron chi connectivity index (χ1n) is 9.67. The van der Waals surface area contributed by atoms with Gasteiger partial charge in [-0.2, -0.15) is 0 Å². The van der Waals surface area contributed by atoms with Crippen LogP contribution in [0.5, 0.6) is 0 Å². The molecule has 0 aromatic rings. The molecule has 0 rings (SSSR count). The topological polar surface area (TPSA) is 137 Å². The zero-order valence-electron chi connectivity index (χ0n) is 17.3. The molecule has 0 saturated carbocycles. The van der Waals surface area contributed by atoms with E-state index in [1.54, 1.807) is 0 Å². The fourth-order valence-electron chi connectivity index (χ4n) is 2.42. The number of hydrogen-bond acceptors (Lipinski definition) is 6. The zero-order chi connectivity index (χ0) is 21.5. The molecular formula is C18H35N3O7. The molecule has 2 unspecified atom stereocenters. The lowest BCUT2D eigenvalue weighted by atomic mass is 10.1. The maximum absolute atomic E-state index is 12.9. The lowest BCUT2D eigenvalue weighted by Crippen LogP contribution is -2.53. The highest BCUT2D eigenvalue weighted by Crippen LogP contribution is 2.09. The van der Waals surface area contributed by atoms with E-state index < -0.39 is 36.8 Å². The summed E-state index contributed by atoms with van der Waals surface area (Å²) in [4.78, 5) is 36.8. The van der Waals surface area contributed by atoms with E-state index in [0.29, 0.717) is 19.8 Å². The second-order valence-electron chi connectivity index (χ2n) is 6.38. The highest BCUT2D eigenvalue weighted by Gasteiger charge is 2.28. The Hall–Kier alpha value is -1.91. The first-order chi connectivity index (χ1) is 13.3. The van der Waals surface area contributed by atoms with E-state index in [9.17, 15) is 19.5 Å². The normalized spacial score (nSPS) is 13.1. The molecule has 0 aliphatic carbocycles. The molecule has 10 nitrogen and oxygen atoms in total. The van der Waals surface area contributed by atoms with Gasteiger partial charge in [-0.15, -0.1) is 0 Å². The minimum absolute atomic E-state index is 0.0825. The van der Waals surface area contributed by atoms with Gasteiger partial charge >= 0.3 is 6.09 Å². The fraction of sp³-hybridized carbons (Fsp3) is 0.833. The molecular weight excluding hydrogens is 370 g/mol. The summed E-state index contributed by atoms with van der Waals surface area (Å²) >= 11 is 0. The van der Waals surface area contributed by atoms with Crippen LogP contribution in [0.2, 0.25) is 0 Å². The van der Waals surface area contributed by atoms with Gasteiger partial charge in [-0.05, 0) is 19.8 Å². The van der Waals surface area contributed by atoms with Crippen molar-refractivity contribution >= 4 is 17.9 Å². The number of nitrogens with zero attached hydrogens (tertiary/aromatic N) is 1. The third-order valence-electron chi connectivity index (χ3n) is 4.06. The van der Waals surface area contributed by atoms with Gasteiger partial charge in [0, 0.05) is 32.7 Å². The fourth-order valence-corrected chi connectivity index (χ4v) is 2.42. The maximum atomic E-state index is 12.9. The third kappa shape index (κ3) is 11.1. The van der Waals surface area contributed by atoms with Crippen LogP contribution in [0, 0.1) is 5.92 Å². The number of aliphatic hydroxyl groups excluding tert-OH is 1. The second kappa shape index (κ2) is 15.1. The van der Waals surface area contributed by atoms with Gasteiger partial charge in [0.05, 0.1) is 13.2 Å². The SMILES string of the molecule is CCOC(CN(CC(C)CC)C(=O)C(CO)NC(=O)CCNC(=O)O)OCC. The predicted molar refractivity (Wildman–Crippen MR) is 103 cm³/mol. The van der Waals surface area contributed by atoms with E-state index >= 15 is 0 Å². The lowest BCUT2D eigenvalue weighted by Gasteiger charge is -2.32. The Bertz CT molecular complexity index is 470. The van der Waals surface area contributed by atoms with Crippen LogP contribution in [0.25, 0.3) is 0 Å². The van der Waals surface area contributed by atoms with E-state index in [1.807, 2.05) is 27.7 Å². The van der Waals surface area contributed by atoms with Crippen molar-refractivity contribution in [2.75, 3.05) is 39.5 Å². The molecule has 3 amide bonds. The second-order valence-corrected chi connectivity index (χ2v) is 6.38. The molecule has 0 spiro atoms. The van der Waals surface area contributed by atoms with E-state index in [4.69, 9.17) is 14.6 Å². The maximum Gasteiger partial charge on any atom is 0.404 e. The largest absolute Gasteiger partial charge is 0.465 e. The number of nitrogens with one attached hydrogen (secondary N) is 2. The number of carbonyl (C=O) groups excluding carboxylic acids is 2. The van der Waals surface area contributed by atoms with Crippen LogP contribution in [-0.2, 0) is 19.1 Å². The molecule has 10 heteroatoms. The van der Waals surface area contributed by atoms with Gasteiger partial charge in [0.25, 0.3) is 0 Å². The van der Waals surface area contributed by atoms with Crippen molar-refractivity contribution < 1.29 is 34.1 Å². The van der Waals surface area contributed by atoms with Crippen molar-refractivity contribution in [2.45, 2.75) is 52.9 Å². The van der Waals surface area contributed by atoms with Gasteiger partial charge in [0.2, 0.25) is 11.8 Å². The van der Waals surface area contributed by atoms with Crippen LogP contribution in [0.3, 0.4) is 0 Å². The number of rotatable bonds is 15. The van der Waals surface area contributed by atoms with Gasteiger partial charge in [-0.25, -0.2) is 4.79 Å². The number of carbonyl (C=O) groups is 3. The van der Waals surface area contributed by atoms with Crippen LogP contribution in [0.4, 0.5) is 4.79 Å². The standard InChI is InChI=1S/C18H35N3O7/c1-5-13(4)10-21(11-16(27-6-2)28-7-3)17(24)14(12-22)20-15(23)8-9-19-18(25)26/h13-14,16,19,22H,5-12H2,1-4H3,(H,20,23)(H,25,26). The number of ether oxygens (including phenoxy) is 2. The average Bonchev–Trinajstić information content (AvgIpc) is 2.64. The molecule has 0 fully saturated rings. The summed E-state index contributed by atoms with van der Waals surface area (Å²) in [5, 5.41) is 22.7. The number of aliphatic hydroxyl groups is 1. The number of hydrogen-bond donors (Lipinski definition) is 4. The van der Waals surface area contributed by atoms with Gasteiger partial charge in [0.15, 0.2) is 6.29 Å². The Kier molecular flexibility index (Phi) is 14.0. The van der Waals surface area contributed by atoms with E-state index in [-0.39, 0.29) is 25.4 Å². The predicted octanol–water partition coefficient (Wildman–Crippen LogP) is 0.395. The first kappa shape index (κ1) is 26.1. The van der Waals surface area contributed by atoms with Crippen LogP contribution in [0.1, 0.15) is 40.5 Å². The summed E-state index contributed by atoms with van der Waals surface area (Å²) in [5.74, 6) is -0.759. The lowest BCUT2D eigenvalue weighted by molar-refractivity contribution is -0.161. The number of carboxylic acid groups (broad SMARTS) is 1. The molecule has 28 heavy (non-hydrogen) atoms. The van der Waals surface area contributed by atoms with E-state index in [0.717, 1.165) is 6.42 Å². The van der Waals surface area contributed by atoms with Crippen LogP contribution in [0.15, 0.2) is 0 Å². The summed E-state index contributed by atoms with van der Waals surface area (Å²) in [6.45, 7) is 8.47. The molecule has 4 N–H and O–H groups in total. The number of amides is 3. The van der Waals surface area contributed by atoms with Gasteiger partial charge in [0.1, 0.15) is 6.04 Å². The van der Waals surface area contributed by atoms with Crippen LogP contribution in [-0.4, -0.2) is 84.8 Å². The molecule has 0 bridgehead atoms. The summed E-state index contributed by atoms with van der Waals surface area (Å²) < 4.78 is 11.0. The Morgan fingerprint density at radius 3 is 2.14 bits per heavy atom. The summed E-state index contributed by atoms with van der Waals surface area (Å²) in [6.07, 6.45) is -1.12. The molecule has 0 saturated heterocycles. The Labute approximate surface area is 166 Å². The van der Waals surface area contributed by atoms with Gasteiger partial charge in [-0.1, -0.05) is 20.3 Å². The van der Waals surface area contributed by atoms with E-state index in [1.165, 1.54) is 4.90 Å². The summed E-state index contributed by atoms with van der Waals surface area (Å²) in [7, 11) is 0.